The fraction of sp³-hybridized carbons (Fsp3) is 0.769. The predicted molar refractivity (Wildman–Crippen MR) is 69.1 cm³/mol. The van der Waals surface area contributed by atoms with Crippen LogP contribution in [0, 0.1) is 5.41 Å². The molecule has 0 aliphatic heterocycles. The van der Waals surface area contributed by atoms with Crippen LogP contribution in [0.25, 0.3) is 0 Å². The average Bonchev–Trinajstić information content (AvgIpc) is 2.71. The van der Waals surface area contributed by atoms with Crippen molar-refractivity contribution in [1.29, 1.82) is 0 Å². The molecule has 1 aliphatic rings. The molecule has 17 heavy (non-hydrogen) atoms. The van der Waals surface area contributed by atoms with Crippen molar-refractivity contribution in [3.05, 3.63) is 16.9 Å². The molecule has 1 heterocycles. The van der Waals surface area contributed by atoms with E-state index in [1.165, 1.54) is 0 Å². The van der Waals surface area contributed by atoms with Gasteiger partial charge in [-0.1, -0.05) is 32.4 Å². The van der Waals surface area contributed by atoms with Crippen molar-refractivity contribution in [3.63, 3.8) is 0 Å². The number of hydrogen-bond acceptors (Lipinski definition) is 2. The summed E-state index contributed by atoms with van der Waals surface area (Å²) in [7, 11) is 0. The maximum atomic E-state index is 11.0. The summed E-state index contributed by atoms with van der Waals surface area (Å²) in [5.41, 5.74) is -0.165. The third kappa shape index (κ3) is 1.89. The molecule has 0 saturated heterocycles. The van der Waals surface area contributed by atoms with Gasteiger partial charge in [0.25, 0.3) is 0 Å². The van der Waals surface area contributed by atoms with Crippen LogP contribution in [0.15, 0.2) is 6.20 Å². The highest BCUT2D eigenvalue weighted by atomic mass is 35.5. The second kappa shape index (κ2) is 4.29. The standard InChI is InChI=1S/C13H21ClN2O/c1-4-8-16-11(10(14)9-15-16)13(17)7-5-6-12(13,2)3/h9,17H,4-8H2,1-3H3. The Balaban J connectivity index is 2.48. The third-order valence-corrected chi connectivity index (χ3v) is 4.36. The van der Waals surface area contributed by atoms with Gasteiger partial charge in [-0.05, 0) is 31.1 Å². The number of aryl methyl sites for hydroxylation is 1. The Morgan fingerprint density at radius 1 is 1.47 bits per heavy atom. The SMILES string of the molecule is CCCn1ncc(Cl)c1C1(O)CCCC1(C)C. The lowest BCUT2D eigenvalue weighted by molar-refractivity contribution is -0.0556. The molecule has 0 amide bonds. The van der Waals surface area contributed by atoms with E-state index in [0.29, 0.717) is 5.02 Å². The van der Waals surface area contributed by atoms with Crippen LogP contribution in [0.5, 0.6) is 0 Å². The summed E-state index contributed by atoms with van der Waals surface area (Å²) in [4.78, 5) is 0. The molecule has 1 saturated carbocycles. The first kappa shape index (κ1) is 12.9. The number of aliphatic hydroxyl groups is 1. The van der Waals surface area contributed by atoms with Gasteiger partial charge in [-0.15, -0.1) is 0 Å². The number of hydrogen-bond donors (Lipinski definition) is 1. The van der Waals surface area contributed by atoms with Crippen LogP contribution in [0.1, 0.15) is 52.1 Å². The van der Waals surface area contributed by atoms with Crippen molar-refractivity contribution < 1.29 is 5.11 Å². The van der Waals surface area contributed by atoms with Crippen LogP contribution >= 0.6 is 11.6 Å². The van der Waals surface area contributed by atoms with Gasteiger partial charge in [-0.3, -0.25) is 4.68 Å². The highest BCUT2D eigenvalue weighted by Crippen LogP contribution is 2.53. The second-order valence-corrected chi connectivity index (χ2v) is 6.07. The highest BCUT2D eigenvalue weighted by Gasteiger charge is 2.51. The Hall–Kier alpha value is -0.540. The van der Waals surface area contributed by atoms with Crippen molar-refractivity contribution in [2.24, 2.45) is 5.41 Å². The second-order valence-electron chi connectivity index (χ2n) is 5.66. The number of nitrogens with zero attached hydrogens (tertiary/aromatic N) is 2. The molecule has 1 unspecified atom stereocenters. The Morgan fingerprint density at radius 2 is 2.18 bits per heavy atom. The van der Waals surface area contributed by atoms with Crippen LogP contribution in [-0.2, 0) is 12.1 Å². The molecule has 96 valence electrons. The van der Waals surface area contributed by atoms with Gasteiger partial charge in [0, 0.05) is 6.54 Å². The molecule has 4 heteroatoms. The number of halogens is 1. The van der Waals surface area contributed by atoms with Crippen molar-refractivity contribution in [1.82, 2.24) is 9.78 Å². The van der Waals surface area contributed by atoms with E-state index in [0.717, 1.165) is 37.9 Å². The maximum absolute atomic E-state index is 11.0. The van der Waals surface area contributed by atoms with Crippen LogP contribution in [0.3, 0.4) is 0 Å². The van der Waals surface area contributed by atoms with Crippen molar-refractivity contribution in [2.75, 3.05) is 0 Å². The van der Waals surface area contributed by atoms with E-state index in [-0.39, 0.29) is 5.41 Å². The molecular formula is C13H21ClN2O. The van der Waals surface area contributed by atoms with Gasteiger partial charge in [-0.25, -0.2) is 0 Å². The Morgan fingerprint density at radius 3 is 2.71 bits per heavy atom. The summed E-state index contributed by atoms with van der Waals surface area (Å²) >= 11 is 6.23. The van der Waals surface area contributed by atoms with E-state index in [1.54, 1.807) is 6.20 Å². The quantitative estimate of drug-likeness (QED) is 0.901. The van der Waals surface area contributed by atoms with Crippen molar-refractivity contribution >= 4 is 11.6 Å². The minimum absolute atomic E-state index is 0.137. The van der Waals surface area contributed by atoms with Gasteiger partial charge in [0.1, 0.15) is 5.60 Å². The summed E-state index contributed by atoms with van der Waals surface area (Å²) in [6.45, 7) is 7.13. The van der Waals surface area contributed by atoms with Gasteiger partial charge in [-0.2, -0.15) is 5.10 Å². The van der Waals surface area contributed by atoms with Gasteiger partial charge in [0.15, 0.2) is 0 Å². The van der Waals surface area contributed by atoms with E-state index >= 15 is 0 Å². The molecule has 1 aromatic rings. The molecule has 1 N–H and O–H groups in total. The lowest BCUT2D eigenvalue weighted by atomic mass is 9.75. The lowest BCUT2D eigenvalue weighted by Crippen LogP contribution is -2.39. The maximum Gasteiger partial charge on any atom is 0.113 e. The highest BCUT2D eigenvalue weighted by molar-refractivity contribution is 6.31. The van der Waals surface area contributed by atoms with E-state index in [9.17, 15) is 5.11 Å². The molecule has 3 nitrogen and oxygen atoms in total. The summed E-state index contributed by atoms with van der Waals surface area (Å²) in [5, 5.41) is 15.9. The van der Waals surface area contributed by atoms with Gasteiger partial charge in [0.05, 0.1) is 16.9 Å². The van der Waals surface area contributed by atoms with E-state index in [1.807, 2.05) is 4.68 Å². The molecule has 0 aromatic carbocycles. The molecule has 1 atom stereocenters. The first-order valence-electron chi connectivity index (χ1n) is 6.36. The van der Waals surface area contributed by atoms with Crippen LogP contribution in [-0.4, -0.2) is 14.9 Å². The van der Waals surface area contributed by atoms with E-state index < -0.39 is 5.60 Å². The average molecular weight is 257 g/mol. The van der Waals surface area contributed by atoms with Gasteiger partial charge >= 0.3 is 0 Å². The summed E-state index contributed by atoms with van der Waals surface area (Å²) in [5.74, 6) is 0. The molecule has 1 aliphatic carbocycles. The fourth-order valence-corrected chi connectivity index (χ4v) is 3.22. The predicted octanol–water partition coefficient (Wildman–Crippen LogP) is 3.34. The van der Waals surface area contributed by atoms with Crippen molar-refractivity contribution in [2.45, 2.75) is 58.6 Å². The first-order chi connectivity index (χ1) is 7.92. The normalized spacial score (nSPS) is 27.6. The minimum Gasteiger partial charge on any atom is -0.383 e. The molecule has 0 radical (unpaired) electrons. The summed E-state index contributed by atoms with van der Waals surface area (Å²) in [6, 6.07) is 0. The molecular weight excluding hydrogens is 236 g/mol. The number of rotatable bonds is 3. The monoisotopic (exact) mass is 256 g/mol. The topological polar surface area (TPSA) is 38.0 Å². The summed E-state index contributed by atoms with van der Waals surface area (Å²) in [6.07, 6.45) is 5.48. The fourth-order valence-electron chi connectivity index (χ4n) is 2.93. The van der Waals surface area contributed by atoms with E-state index in [2.05, 4.69) is 25.9 Å². The Bertz CT molecular complexity index is 414. The largest absolute Gasteiger partial charge is 0.383 e. The molecule has 0 bridgehead atoms. The minimum atomic E-state index is -0.838. The van der Waals surface area contributed by atoms with Crippen LogP contribution in [0.4, 0.5) is 0 Å². The van der Waals surface area contributed by atoms with Crippen LogP contribution in [0.2, 0.25) is 5.02 Å². The van der Waals surface area contributed by atoms with Gasteiger partial charge < -0.3 is 5.11 Å². The third-order valence-electron chi connectivity index (χ3n) is 4.08. The van der Waals surface area contributed by atoms with Gasteiger partial charge in [0.2, 0.25) is 0 Å². The Labute approximate surface area is 108 Å². The van der Waals surface area contributed by atoms with Crippen molar-refractivity contribution in [3.8, 4) is 0 Å². The first-order valence-corrected chi connectivity index (χ1v) is 6.74. The lowest BCUT2D eigenvalue weighted by Gasteiger charge is -2.37. The summed E-state index contributed by atoms with van der Waals surface area (Å²) < 4.78 is 1.87. The zero-order chi connectivity index (χ0) is 12.7. The zero-order valence-corrected chi connectivity index (χ0v) is 11.6. The smallest absolute Gasteiger partial charge is 0.113 e. The number of aromatic nitrogens is 2. The van der Waals surface area contributed by atoms with Crippen LogP contribution < -0.4 is 0 Å². The molecule has 1 fully saturated rings. The molecule has 1 aromatic heterocycles. The zero-order valence-electron chi connectivity index (χ0n) is 10.8. The Kier molecular flexibility index (Phi) is 3.25. The molecule has 0 spiro atoms. The van der Waals surface area contributed by atoms with E-state index in [4.69, 9.17) is 11.6 Å². The molecule has 2 rings (SSSR count).